The number of aryl methyl sites for hydroxylation is 1. The van der Waals surface area contributed by atoms with Gasteiger partial charge in [-0.05, 0) is 83.0 Å². The number of halogens is 2. The lowest BCUT2D eigenvalue weighted by atomic mass is 10.1. The highest BCUT2D eigenvalue weighted by atomic mass is 79.9. The quantitative estimate of drug-likeness (QED) is 0.259. The van der Waals surface area contributed by atoms with Crippen LogP contribution in [-0.2, 0) is 16.2 Å². The third kappa shape index (κ3) is 6.59. The first kappa shape index (κ1) is 27.8. The van der Waals surface area contributed by atoms with E-state index in [2.05, 4.69) is 21.2 Å². The summed E-state index contributed by atoms with van der Waals surface area (Å²) in [5.41, 5.74) is 2.96. The zero-order chi connectivity index (χ0) is 27.2. The van der Waals surface area contributed by atoms with Crippen LogP contribution in [0.15, 0.2) is 70.0 Å². The Morgan fingerprint density at radius 3 is 2.58 bits per heavy atom. The van der Waals surface area contributed by atoms with Gasteiger partial charge in [0.15, 0.2) is 11.5 Å². The van der Waals surface area contributed by atoms with E-state index in [0.717, 1.165) is 27.8 Å². The summed E-state index contributed by atoms with van der Waals surface area (Å²) in [5, 5.41) is 2.84. The average molecular weight is 616 g/mol. The van der Waals surface area contributed by atoms with Gasteiger partial charge in [-0.25, -0.2) is 0 Å². The van der Waals surface area contributed by atoms with Crippen molar-refractivity contribution in [3.05, 3.63) is 91.8 Å². The highest BCUT2D eigenvalue weighted by Crippen LogP contribution is 2.40. The molecule has 0 atom stereocenters. The molecule has 1 heterocycles. The molecular weight excluding hydrogens is 592 g/mol. The predicted molar refractivity (Wildman–Crippen MR) is 154 cm³/mol. The summed E-state index contributed by atoms with van der Waals surface area (Å²) in [6.45, 7) is 3.97. The topological polar surface area (TPSA) is 84.9 Å². The normalized spacial score (nSPS) is 14.2. The van der Waals surface area contributed by atoms with Crippen LogP contribution in [0.5, 0.6) is 11.5 Å². The molecule has 3 aromatic carbocycles. The number of carbonyl (C=O) groups is 3. The van der Waals surface area contributed by atoms with Gasteiger partial charge in [0.2, 0.25) is 5.91 Å². The van der Waals surface area contributed by atoms with Crippen molar-refractivity contribution in [1.82, 2.24) is 4.90 Å². The molecule has 3 amide bonds. The first-order chi connectivity index (χ1) is 18.3. The third-order valence-electron chi connectivity index (χ3n) is 5.55. The van der Waals surface area contributed by atoms with Crippen LogP contribution in [0.2, 0.25) is 5.02 Å². The fourth-order valence-corrected chi connectivity index (χ4v) is 5.28. The molecule has 0 spiro atoms. The molecule has 0 unspecified atom stereocenters. The van der Waals surface area contributed by atoms with Gasteiger partial charge in [-0.3, -0.25) is 19.3 Å². The van der Waals surface area contributed by atoms with E-state index in [4.69, 9.17) is 21.1 Å². The van der Waals surface area contributed by atoms with Crippen molar-refractivity contribution in [2.24, 2.45) is 0 Å². The summed E-state index contributed by atoms with van der Waals surface area (Å²) < 4.78 is 12.4. The maximum absolute atomic E-state index is 13.0. The van der Waals surface area contributed by atoms with E-state index >= 15 is 0 Å². The van der Waals surface area contributed by atoms with Gasteiger partial charge in [0.25, 0.3) is 11.1 Å². The van der Waals surface area contributed by atoms with Gasteiger partial charge < -0.3 is 14.8 Å². The van der Waals surface area contributed by atoms with Crippen molar-refractivity contribution in [1.29, 1.82) is 0 Å². The van der Waals surface area contributed by atoms with Gasteiger partial charge in [-0.15, -0.1) is 0 Å². The zero-order valence-electron chi connectivity index (χ0n) is 20.6. The van der Waals surface area contributed by atoms with Gasteiger partial charge in [0.05, 0.1) is 16.0 Å². The number of nitrogens with zero attached hydrogens (tertiary/aromatic N) is 1. The van der Waals surface area contributed by atoms with Crippen molar-refractivity contribution in [3.8, 4) is 11.5 Å². The van der Waals surface area contributed by atoms with Crippen LogP contribution in [0.25, 0.3) is 6.08 Å². The first-order valence-electron chi connectivity index (χ1n) is 11.7. The molecule has 1 N–H and O–H groups in total. The molecule has 0 bridgehead atoms. The number of imide groups is 1. The third-order valence-corrected chi connectivity index (χ3v) is 7.42. The van der Waals surface area contributed by atoms with Gasteiger partial charge >= 0.3 is 0 Å². The second-order valence-electron chi connectivity index (χ2n) is 8.27. The number of carbonyl (C=O) groups excluding carboxylic acids is 3. The fraction of sp³-hybridized carbons (Fsp3) is 0.179. The van der Waals surface area contributed by atoms with Gasteiger partial charge in [-0.2, -0.15) is 0 Å². The number of anilines is 1. The second-order valence-corrected chi connectivity index (χ2v) is 10.5. The van der Waals surface area contributed by atoms with Crippen LogP contribution in [0, 0.1) is 6.92 Å². The Morgan fingerprint density at radius 1 is 1.11 bits per heavy atom. The van der Waals surface area contributed by atoms with Gasteiger partial charge in [0.1, 0.15) is 13.2 Å². The molecule has 38 heavy (non-hydrogen) atoms. The Balaban J connectivity index is 1.50. The number of nitrogens with one attached hydrogen (secondary N) is 1. The monoisotopic (exact) mass is 614 g/mol. The molecule has 0 aromatic heterocycles. The molecule has 7 nitrogen and oxygen atoms in total. The lowest BCUT2D eigenvalue weighted by molar-refractivity contribution is -0.127. The standard InChI is InChI=1S/C28H24BrClN2O5S/c1-3-36-23-13-18(12-20(29)26(23)37-16-19-9-5-6-10-21(19)30)14-24-27(34)32(28(35)38-24)15-25(33)31-22-11-7-4-8-17(22)2/h4-14H,3,15-16H2,1-2H3,(H,31,33)/b24-14+. The van der Waals surface area contributed by atoms with Crippen LogP contribution < -0.4 is 14.8 Å². The summed E-state index contributed by atoms with van der Waals surface area (Å²) >= 11 is 10.6. The molecule has 10 heteroatoms. The number of hydrogen-bond donors (Lipinski definition) is 1. The van der Waals surface area contributed by atoms with E-state index in [1.807, 2.05) is 44.2 Å². The lowest BCUT2D eigenvalue weighted by Gasteiger charge is -2.15. The number of ether oxygens (including phenoxy) is 2. The molecule has 1 fully saturated rings. The minimum atomic E-state index is -0.534. The number of benzene rings is 3. The average Bonchev–Trinajstić information content (AvgIpc) is 3.13. The summed E-state index contributed by atoms with van der Waals surface area (Å²) in [6, 6.07) is 18.2. The number of para-hydroxylation sites is 1. The molecular formula is C28H24BrClN2O5S. The van der Waals surface area contributed by atoms with Crippen LogP contribution in [0.4, 0.5) is 10.5 Å². The summed E-state index contributed by atoms with van der Waals surface area (Å²) in [7, 11) is 0. The van der Waals surface area contributed by atoms with E-state index in [9.17, 15) is 14.4 Å². The molecule has 4 rings (SSSR count). The van der Waals surface area contributed by atoms with Gasteiger partial charge in [0, 0.05) is 16.3 Å². The van der Waals surface area contributed by atoms with Crippen molar-refractivity contribution in [2.45, 2.75) is 20.5 Å². The van der Waals surface area contributed by atoms with E-state index < -0.39 is 17.1 Å². The fourth-order valence-electron chi connectivity index (χ4n) is 3.67. The molecule has 0 saturated carbocycles. The second kappa shape index (κ2) is 12.5. The van der Waals surface area contributed by atoms with Gasteiger partial charge in [-0.1, -0.05) is 48.0 Å². The Kier molecular flexibility index (Phi) is 9.14. The summed E-state index contributed by atoms with van der Waals surface area (Å²) in [4.78, 5) is 39.2. The maximum atomic E-state index is 13.0. The Morgan fingerprint density at radius 2 is 1.84 bits per heavy atom. The van der Waals surface area contributed by atoms with E-state index in [1.54, 1.807) is 36.4 Å². The minimum Gasteiger partial charge on any atom is -0.490 e. The number of hydrogen-bond acceptors (Lipinski definition) is 6. The highest BCUT2D eigenvalue weighted by Gasteiger charge is 2.36. The van der Waals surface area contributed by atoms with Crippen LogP contribution in [0.1, 0.15) is 23.6 Å². The number of amides is 3. The largest absolute Gasteiger partial charge is 0.490 e. The highest BCUT2D eigenvalue weighted by molar-refractivity contribution is 9.10. The SMILES string of the molecule is CCOc1cc(/C=C2/SC(=O)N(CC(=O)Nc3ccccc3C)C2=O)cc(Br)c1OCc1ccccc1Cl. The van der Waals surface area contributed by atoms with E-state index in [-0.39, 0.29) is 18.1 Å². The molecule has 196 valence electrons. The first-order valence-corrected chi connectivity index (χ1v) is 13.7. The Bertz CT molecular complexity index is 1430. The smallest absolute Gasteiger partial charge is 0.294 e. The van der Waals surface area contributed by atoms with Crippen LogP contribution >= 0.6 is 39.3 Å². The summed E-state index contributed by atoms with van der Waals surface area (Å²) in [5.74, 6) is -0.0285. The van der Waals surface area contributed by atoms with Crippen LogP contribution in [0.3, 0.4) is 0 Å². The molecule has 3 aromatic rings. The molecule has 1 saturated heterocycles. The van der Waals surface area contributed by atoms with E-state index in [0.29, 0.717) is 38.9 Å². The molecule has 0 radical (unpaired) electrons. The van der Waals surface area contributed by atoms with Crippen molar-refractivity contribution < 1.29 is 23.9 Å². The van der Waals surface area contributed by atoms with Crippen LogP contribution in [-0.4, -0.2) is 35.1 Å². The minimum absolute atomic E-state index is 0.206. The predicted octanol–water partition coefficient (Wildman–Crippen LogP) is 7.06. The maximum Gasteiger partial charge on any atom is 0.294 e. The molecule has 0 aliphatic carbocycles. The zero-order valence-corrected chi connectivity index (χ0v) is 23.8. The van der Waals surface area contributed by atoms with Crippen molar-refractivity contribution >= 4 is 68.1 Å². The number of thioether (sulfide) groups is 1. The summed E-state index contributed by atoms with van der Waals surface area (Å²) in [6.07, 6.45) is 1.59. The van der Waals surface area contributed by atoms with Crippen molar-refractivity contribution in [2.75, 3.05) is 18.5 Å². The molecule has 1 aliphatic rings. The Hall–Kier alpha value is -3.27. The Labute approximate surface area is 238 Å². The van der Waals surface area contributed by atoms with E-state index in [1.165, 1.54) is 0 Å². The number of rotatable bonds is 9. The molecule has 1 aliphatic heterocycles. The van der Waals surface area contributed by atoms with Crippen molar-refractivity contribution in [3.63, 3.8) is 0 Å². The lowest BCUT2D eigenvalue weighted by Crippen LogP contribution is -2.36.